The number of fused-ring (bicyclic) bond motifs is 3. The molecule has 3 aromatic carbocycles. The number of hydrogen-bond donors (Lipinski definition) is 1. The maximum absolute atomic E-state index is 13.2. The minimum Gasteiger partial charge on any atom is -0.619 e. The number of ether oxygens (including phenoxy) is 2. The van der Waals surface area contributed by atoms with Gasteiger partial charge in [0.15, 0.2) is 23.7 Å². The molecule has 0 fully saturated rings. The number of halogens is 2. The van der Waals surface area contributed by atoms with Crippen molar-refractivity contribution in [2.24, 2.45) is 0 Å². The molecule has 0 saturated carbocycles. The van der Waals surface area contributed by atoms with E-state index in [2.05, 4.69) is 4.72 Å². The van der Waals surface area contributed by atoms with Crippen LogP contribution in [-0.2, 0) is 14.8 Å². The number of esters is 1. The van der Waals surface area contributed by atoms with E-state index in [1.807, 2.05) is 0 Å². The van der Waals surface area contributed by atoms with Crippen molar-refractivity contribution in [2.45, 2.75) is 0 Å². The molecule has 0 radical (unpaired) electrons. The Bertz CT molecular complexity index is 1900. The van der Waals surface area contributed by atoms with Gasteiger partial charge >= 0.3 is 5.97 Å². The number of methoxy groups -OCH3 is 1. The van der Waals surface area contributed by atoms with Crippen molar-refractivity contribution < 1.29 is 31.8 Å². The van der Waals surface area contributed by atoms with Gasteiger partial charge in [-0.05, 0) is 48.5 Å². The first-order valence-corrected chi connectivity index (χ1v) is 14.3. The van der Waals surface area contributed by atoms with Gasteiger partial charge in [0.25, 0.3) is 0 Å². The summed E-state index contributed by atoms with van der Waals surface area (Å²) in [6.07, 6.45) is 4.73. The van der Waals surface area contributed by atoms with E-state index in [1.165, 1.54) is 13.2 Å². The molecule has 1 N–H and O–H groups in total. The predicted octanol–water partition coefficient (Wildman–Crippen LogP) is 6.26. The van der Waals surface area contributed by atoms with Crippen molar-refractivity contribution in [1.82, 2.24) is 0 Å². The van der Waals surface area contributed by atoms with E-state index in [9.17, 15) is 18.4 Å². The Labute approximate surface area is 238 Å². The molecule has 40 heavy (non-hydrogen) atoms. The number of carbonyl (C=O) groups excluding carboxylic acids is 1. The first-order chi connectivity index (χ1) is 19.0. The maximum Gasteiger partial charge on any atom is 0.343 e. The van der Waals surface area contributed by atoms with E-state index < -0.39 is 16.0 Å². The highest BCUT2D eigenvalue weighted by Gasteiger charge is 2.23. The number of carbonyl (C=O) groups is 1. The highest BCUT2D eigenvalue weighted by atomic mass is 35.5. The number of furan rings is 1. The fraction of sp³-hybridized carbons (Fsp3) is 0.0714. The fourth-order valence-electron chi connectivity index (χ4n) is 4.18. The van der Waals surface area contributed by atoms with Gasteiger partial charge < -0.3 is 19.1 Å². The van der Waals surface area contributed by atoms with E-state index in [-0.39, 0.29) is 26.9 Å². The van der Waals surface area contributed by atoms with Crippen LogP contribution in [0.3, 0.4) is 0 Å². The van der Waals surface area contributed by atoms with Gasteiger partial charge in [0.1, 0.15) is 21.4 Å². The Morgan fingerprint density at radius 2 is 1.75 bits per heavy atom. The maximum atomic E-state index is 13.2. The molecule has 0 aliphatic heterocycles. The summed E-state index contributed by atoms with van der Waals surface area (Å²) >= 11 is 12.7. The number of nitrogens with zero attached hydrogens (tertiary/aromatic N) is 1. The molecule has 0 spiro atoms. The van der Waals surface area contributed by atoms with Crippen LogP contribution in [0.25, 0.3) is 33.8 Å². The number of pyridine rings is 1. The summed E-state index contributed by atoms with van der Waals surface area (Å²) in [5, 5.41) is 12.9. The molecule has 5 aromatic rings. The molecule has 0 aliphatic carbocycles. The number of aromatic nitrogens is 1. The Morgan fingerprint density at radius 3 is 2.40 bits per heavy atom. The predicted molar refractivity (Wildman–Crippen MR) is 154 cm³/mol. The molecule has 2 heterocycles. The molecule has 0 unspecified atom stereocenters. The van der Waals surface area contributed by atoms with E-state index in [4.69, 9.17) is 37.1 Å². The van der Waals surface area contributed by atoms with Gasteiger partial charge in [-0.25, -0.2) is 13.2 Å². The Balaban J connectivity index is 1.79. The van der Waals surface area contributed by atoms with Gasteiger partial charge in [-0.2, -0.15) is 4.73 Å². The standard InChI is InChI=1S/C28H20Cl2N2O7S/c1-37-24-11-9-18(26-20-12-17(31-40(2,35)36)8-10-23(20)38-27(24)26)25(39-28(33)16-6-4-3-5-7-16)13-19-21(29)14-32(34)15-22(19)30/h3-15,31H,1-2H3. The van der Waals surface area contributed by atoms with Gasteiger partial charge in [0.05, 0.1) is 18.9 Å². The monoisotopic (exact) mass is 598 g/mol. The van der Waals surface area contributed by atoms with Crippen LogP contribution in [0.15, 0.2) is 77.5 Å². The Kier molecular flexibility index (Phi) is 7.33. The van der Waals surface area contributed by atoms with Crippen molar-refractivity contribution in [3.8, 4) is 5.75 Å². The second-order valence-electron chi connectivity index (χ2n) is 8.70. The average molecular weight is 599 g/mol. The summed E-state index contributed by atoms with van der Waals surface area (Å²) in [5.74, 6) is -0.229. The molecule has 204 valence electrons. The zero-order valence-corrected chi connectivity index (χ0v) is 23.3. The van der Waals surface area contributed by atoms with Crippen LogP contribution in [0.5, 0.6) is 5.75 Å². The lowest BCUT2D eigenvalue weighted by molar-refractivity contribution is -0.605. The summed E-state index contributed by atoms with van der Waals surface area (Å²) < 4.78 is 44.2. The SMILES string of the molecule is COc1ccc(C(=Cc2c(Cl)c[n+]([O-])cc2Cl)OC(=O)c2ccccc2)c2c1oc1ccc(NS(C)(=O)=O)cc12. The van der Waals surface area contributed by atoms with E-state index in [1.54, 1.807) is 60.7 Å². The lowest BCUT2D eigenvalue weighted by Crippen LogP contribution is -2.24. The topological polar surface area (TPSA) is 122 Å². The minimum atomic E-state index is -3.56. The molecule has 0 amide bonds. The molecule has 9 nitrogen and oxygen atoms in total. The fourth-order valence-corrected chi connectivity index (χ4v) is 5.29. The zero-order chi connectivity index (χ0) is 28.6. The summed E-state index contributed by atoms with van der Waals surface area (Å²) in [6.45, 7) is 0. The van der Waals surface area contributed by atoms with Crippen molar-refractivity contribution in [2.75, 3.05) is 18.1 Å². The average Bonchev–Trinajstić information content (AvgIpc) is 3.28. The summed E-state index contributed by atoms with van der Waals surface area (Å²) in [5.41, 5.74) is 1.97. The van der Waals surface area contributed by atoms with Crippen LogP contribution in [0.2, 0.25) is 10.0 Å². The van der Waals surface area contributed by atoms with E-state index >= 15 is 0 Å². The highest BCUT2D eigenvalue weighted by Crippen LogP contribution is 2.42. The van der Waals surface area contributed by atoms with Crippen molar-refractivity contribution in [1.29, 1.82) is 0 Å². The summed E-state index contributed by atoms with van der Waals surface area (Å²) in [6, 6.07) is 16.4. The lowest BCUT2D eigenvalue weighted by atomic mass is 10.0. The Hall–Kier alpha value is -4.25. The smallest absolute Gasteiger partial charge is 0.343 e. The molecule has 0 saturated heterocycles. The van der Waals surface area contributed by atoms with Crippen LogP contribution >= 0.6 is 23.2 Å². The van der Waals surface area contributed by atoms with Crippen LogP contribution in [0.4, 0.5) is 5.69 Å². The number of nitrogens with one attached hydrogen (secondary N) is 1. The van der Waals surface area contributed by atoms with Gasteiger partial charge in [-0.15, -0.1) is 0 Å². The molecule has 0 atom stereocenters. The molecular weight excluding hydrogens is 579 g/mol. The molecule has 0 bridgehead atoms. The van der Waals surface area contributed by atoms with Crippen molar-refractivity contribution >= 4 is 78.7 Å². The van der Waals surface area contributed by atoms with Crippen LogP contribution in [0, 0.1) is 5.21 Å². The van der Waals surface area contributed by atoms with Crippen molar-refractivity contribution in [3.63, 3.8) is 0 Å². The first-order valence-electron chi connectivity index (χ1n) is 11.6. The number of hydrogen-bond acceptors (Lipinski definition) is 7. The normalized spacial score (nSPS) is 12.1. The molecule has 0 aliphatic rings. The number of benzene rings is 3. The second-order valence-corrected chi connectivity index (χ2v) is 11.3. The first kappa shape index (κ1) is 27.3. The minimum absolute atomic E-state index is 0.0252. The third-order valence-electron chi connectivity index (χ3n) is 5.85. The van der Waals surface area contributed by atoms with Gasteiger partial charge in [0.2, 0.25) is 10.0 Å². The van der Waals surface area contributed by atoms with Gasteiger partial charge in [-0.3, -0.25) is 4.72 Å². The summed E-state index contributed by atoms with van der Waals surface area (Å²) in [4.78, 5) is 13.2. The third kappa shape index (κ3) is 5.55. The Morgan fingerprint density at radius 1 is 1.05 bits per heavy atom. The second kappa shape index (κ2) is 10.7. The van der Waals surface area contributed by atoms with Gasteiger partial charge in [-0.1, -0.05) is 41.4 Å². The molecule has 2 aromatic heterocycles. The highest BCUT2D eigenvalue weighted by molar-refractivity contribution is 7.92. The number of sulfonamides is 1. The van der Waals surface area contributed by atoms with Crippen LogP contribution in [-0.4, -0.2) is 27.8 Å². The molecule has 5 rings (SSSR count). The third-order valence-corrected chi connectivity index (χ3v) is 7.06. The zero-order valence-electron chi connectivity index (χ0n) is 21.0. The molecular formula is C28H20Cl2N2O7S. The number of rotatable bonds is 7. The lowest BCUT2D eigenvalue weighted by Gasteiger charge is -2.13. The quantitative estimate of drug-likeness (QED) is 0.101. The van der Waals surface area contributed by atoms with E-state index in [0.717, 1.165) is 18.6 Å². The van der Waals surface area contributed by atoms with E-state index in [0.29, 0.717) is 43.7 Å². The van der Waals surface area contributed by atoms with Crippen LogP contribution in [0.1, 0.15) is 21.5 Å². The van der Waals surface area contributed by atoms with Gasteiger partial charge in [0, 0.05) is 27.6 Å². The summed E-state index contributed by atoms with van der Waals surface area (Å²) in [7, 11) is -2.09. The van der Waals surface area contributed by atoms with Crippen molar-refractivity contribution in [3.05, 3.63) is 105 Å². The van der Waals surface area contributed by atoms with Crippen LogP contribution < -0.4 is 14.2 Å². The number of anilines is 1. The largest absolute Gasteiger partial charge is 0.619 e. The molecule has 12 heteroatoms.